The van der Waals surface area contributed by atoms with Crippen LogP contribution in [-0.4, -0.2) is 29.6 Å². The largest absolute Gasteiger partial charge is 0.465 e. The fraction of sp³-hybridized carbons (Fsp3) is 0.867. The summed E-state index contributed by atoms with van der Waals surface area (Å²) in [4.78, 5) is 23.8. The molecule has 4 heteroatoms. The minimum Gasteiger partial charge on any atom is -0.465 e. The number of ether oxygens (including phenoxy) is 1. The molecule has 0 saturated heterocycles. The summed E-state index contributed by atoms with van der Waals surface area (Å²) < 4.78 is 5.30. The van der Waals surface area contributed by atoms with Crippen LogP contribution in [0.5, 0.6) is 0 Å². The maximum absolute atomic E-state index is 12.0. The van der Waals surface area contributed by atoms with E-state index in [2.05, 4.69) is 13.8 Å². The van der Waals surface area contributed by atoms with E-state index in [1.165, 1.54) is 0 Å². The van der Waals surface area contributed by atoms with Crippen LogP contribution in [0.15, 0.2) is 0 Å². The Hall–Kier alpha value is -0.900. The van der Waals surface area contributed by atoms with Gasteiger partial charge in [-0.05, 0) is 38.0 Å². The Kier molecular flexibility index (Phi) is 3.28. The normalized spacial score (nSPS) is 36.6. The molecule has 0 spiro atoms. The number of Topliss-reactive ketones (excluding diaryl/α,β-unsaturated/α-hetero) is 1. The quantitative estimate of drug-likeness (QED) is 0.776. The zero-order valence-electron chi connectivity index (χ0n) is 12.4. The molecule has 0 aliphatic heterocycles. The van der Waals surface area contributed by atoms with Gasteiger partial charge in [0.2, 0.25) is 0 Å². The third-order valence-corrected chi connectivity index (χ3v) is 4.67. The highest BCUT2D eigenvalue weighted by atomic mass is 16.5. The van der Waals surface area contributed by atoms with Crippen LogP contribution in [0.1, 0.15) is 41.0 Å². The van der Waals surface area contributed by atoms with E-state index in [0.717, 1.165) is 0 Å². The summed E-state index contributed by atoms with van der Waals surface area (Å²) in [6, 6.07) is 0. The van der Waals surface area contributed by atoms with Gasteiger partial charge < -0.3 is 9.84 Å². The number of carbonyl (C=O) groups is 2. The average Bonchev–Trinajstić information content (AvgIpc) is 2.80. The van der Waals surface area contributed by atoms with Crippen molar-refractivity contribution < 1.29 is 19.4 Å². The van der Waals surface area contributed by atoms with Crippen molar-refractivity contribution in [3.63, 3.8) is 0 Å². The molecule has 0 aromatic rings. The molecule has 2 aliphatic rings. The molecule has 4 atom stereocenters. The maximum atomic E-state index is 12.0. The highest BCUT2D eigenvalue weighted by Gasteiger charge is 2.67. The number of fused-ring (bicyclic) bond motifs is 1. The molecule has 0 aromatic heterocycles. The van der Waals surface area contributed by atoms with Crippen LogP contribution in [-0.2, 0) is 14.3 Å². The Morgan fingerprint density at radius 1 is 1.37 bits per heavy atom. The van der Waals surface area contributed by atoms with E-state index in [-0.39, 0.29) is 47.9 Å². The second kappa shape index (κ2) is 4.30. The monoisotopic (exact) mass is 268 g/mol. The second-order valence-electron chi connectivity index (χ2n) is 7.57. The van der Waals surface area contributed by atoms with Crippen LogP contribution < -0.4 is 0 Å². The Morgan fingerprint density at radius 3 is 2.47 bits per heavy atom. The maximum Gasteiger partial charge on any atom is 0.311 e. The van der Waals surface area contributed by atoms with Crippen molar-refractivity contribution in [2.45, 2.75) is 47.1 Å². The standard InChI is InChI=1S/C15H24O4/c1-14(2,3)13(18)19-7-8-9(16)6-10(17)12-11(8)15(12,4)5/h8,10-12,17H,6-7H2,1-5H3/t8-,10+,11+,12-/m1/s1. The average molecular weight is 268 g/mol. The third kappa shape index (κ3) is 2.42. The number of esters is 1. The highest BCUT2D eigenvalue weighted by molar-refractivity contribution is 5.84. The first-order chi connectivity index (χ1) is 8.56. The van der Waals surface area contributed by atoms with Crippen molar-refractivity contribution in [1.82, 2.24) is 0 Å². The molecular weight excluding hydrogens is 244 g/mol. The van der Waals surface area contributed by atoms with E-state index in [4.69, 9.17) is 4.74 Å². The first kappa shape index (κ1) is 14.5. The van der Waals surface area contributed by atoms with E-state index in [0.29, 0.717) is 0 Å². The molecule has 0 radical (unpaired) electrons. The lowest BCUT2D eigenvalue weighted by molar-refractivity contribution is -0.156. The number of hydrogen-bond acceptors (Lipinski definition) is 4. The first-order valence-electron chi connectivity index (χ1n) is 6.95. The topological polar surface area (TPSA) is 63.6 Å². The van der Waals surface area contributed by atoms with Gasteiger partial charge in [-0.25, -0.2) is 0 Å². The molecule has 1 N–H and O–H groups in total. The lowest BCUT2D eigenvalue weighted by Crippen LogP contribution is -2.35. The fourth-order valence-electron chi connectivity index (χ4n) is 3.49. The molecule has 4 nitrogen and oxygen atoms in total. The summed E-state index contributed by atoms with van der Waals surface area (Å²) in [6.07, 6.45) is -0.329. The van der Waals surface area contributed by atoms with E-state index in [1.54, 1.807) is 20.8 Å². The zero-order valence-corrected chi connectivity index (χ0v) is 12.4. The van der Waals surface area contributed by atoms with Crippen molar-refractivity contribution in [2.24, 2.45) is 28.6 Å². The SMILES string of the molecule is CC(C)(C)C(=O)OC[C@@H]1C(=O)C[C@H](O)[C@@H]2[C@H]1C2(C)C. The molecule has 108 valence electrons. The predicted octanol–water partition coefficient (Wildman–Crippen LogP) is 1.80. The molecule has 2 saturated carbocycles. The van der Waals surface area contributed by atoms with Crippen LogP contribution in [0.3, 0.4) is 0 Å². The van der Waals surface area contributed by atoms with Gasteiger partial charge in [-0.2, -0.15) is 0 Å². The number of rotatable bonds is 2. The fourth-order valence-corrected chi connectivity index (χ4v) is 3.49. The van der Waals surface area contributed by atoms with Gasteiger partial charge in [0.25, 0.3) is 0 Å². The minimum atomic E-state index is -0.546. The summed E-state index contributed by atoms with van der Waals surface area (Å²) in [6.45, 7) is 9.70. The van der Waals surface area contributed by atoms with Crippen molar-refractivity contribution in [3.8, 4) is 0 Å². The van der Waals surface area contributed by atoms with Gasteiger partial charge in [0.05, 0.1) is 17.4 Å². The summed E-state index contributed by atoms with van der Waals surface area (Å²) in [5.74, 6) is -0.169. The van der Waals surface area contributed by atoms with E-state index >= 15 is 0 Å². The van der Waals surface area contributed by atoms with Gasteiger partial charge in [0, 0.05) is 6.42 Å². The molecule has 0 unspecified atom stereocenters. The number of ketones is 1. The Labute approximate surface area is 114 Å². The lowest BCUT2D eigenvalue weighted by Gasteiger charge is -2.25. The van der Waals surface area contributed by atoms with Gasteiger partial charge in [-0.1, -0.05) is 13.8 Å². The summed E-state index contributed by atoms with van der Waals surface area (Å²) in [5.41, 5.74) is -0.569. The van der Waals surface area contributed by atoms with Gasteiger partial charge in [-0.15, -0.1) is 0 Å². The number of aliphatic hydroxyl groups excluding tert-OH is 1. The minimum absolute atomic E-state index is 0.0234. The van der Waals surface area contributed by atoms with Gasteiger partial charge in [-0.3, -0.25) is 9.59 Å². The number of carbonyl (C=O) groups excluding carboxylic acids is 2. The molecule has 2 aliphatic carbocycles. The summed E-state index contributed by atoms with van der Waals surface area (Å²) >= 11 is 0. The van der Waals surface area contributed by atoms with Crippen LogP contribution in [0.4, 0.5) is 0 Å². The third-order valence-electron chi connectivity index (χ3n) is 4.67. The Morgan fingerprint density at radius 2 is 1.95 bits per heavy atom. The molecule has 2 fully saturated rings. The van der Waals surface area contributed by atoms with E-state index in [9.17, 15) is 14.7 Å². The molecule has 0 bridgehead atoms. The van der Waals surface area contributed by atoms with Gasteiger partial charge in [0.15, 0.2) is 0 Å². The molecule has 19 heavy (non-hydrogen) atoms. The van der Waals surface area contributed by atoms with E-state index in [1.807, 2.05) is 0 Å². The lowest BCUT2D eigenvalue weighted by atomic mass is 9.86. The van der Waals surface area contributed by atoms with Gasteiger partial charge >= 0.3 is 5.97 Å². The second-order valence-corrected chi connectivity index (χ2v) is 7.57. The van der Waals surface area contributed by atoms with Crippen LogP contribution in [0.2, 0.25) is 0 Å². The predicted molar refractivity (Wildman–Crippen MR) is 70.3 cm³/mol. The molecule has 0 heterocycles. The smallest absolute Gasteiger partial charge is 0.311 e. The van der Waals surface area contributed by atoms with Gasteiger partial charge in [0.1, 0.15) is 12.4 Å². The Bertz CT molecular complexity index is 405. The number of aliphatic hydroxyl groups is 1. The van der Waals surface area contributed by atoms with Crippen LogP contribution in [0, 0.1) is 28.6 Å². The summed E-state index contributed by atoms with van der Waals surface area (Å²) in [5, 5.41) is 9.92. The number of hydrogen-bond donors (Lipinski definition) is 1. The Balaban J connectivity index is 2.01. The molecular formula is C15H24O4. The van der Waals surface area contributed by atoms with Crippen LogP contribution in [0.25, 0.3) is 0 Å². The summed E-state index contributed by atoms with van der Waals surface area (Å²) in [7, 11) is 0. The van der Waals surface area contributed by atoms with E-state index < -0.39 is 11.5 Å². The first-order valence-corrected chi connectivity index (χ1v) is 6.95. The van der Waals surface area contributed by atoms with Crippen LogP contribution >= 0.6 is 0 Å². The molecule has 2 rings (SSSR count). The highest BCUT2D eigenvalue weighted by Crippen LogP contribution is 2.66. The molecule has 0 amide bonds. The molecule has 0 aromatic carbocycles. The zero-order chi connectivity index (χ0) is 14.6. The van der Waals surface area contributed by atoms with Crippen molar-refractivity contribution in [3.05, 3.63) is 0 Å². The van der Waals surface area contributed by atoms with Crippen molar-refractivity contribution in [1.29, 1.82) is 0 Å². The van der Waals surface area contributed by atoms with Crippen molar-refractivity contribution in [2.75, 3.05) is 6.61 Å². The van der Waals surface area contributed by atoms with Crippen molar-refractivity contribution >= 4 is 11.8 Å².